The Bertz CT molecular complexity index is 890. The summed E-state index contributed by atoms with van der Waals surface area (Å²) < 4.78 is 7.42. The fraction of sp³-hybridized carbons (Fsp3) is 0.188. The van der Waals surface area contributed by atoms with Gasteiger partial charge in [-0.1, -0.05) is 12.1 Å². The van der Waals surface area contributed by atoms with Crippen molar-refractivity contribution in [3.63, 3.8) is 0 Å². The SMILES string of the molecule is Cc1cc(NC(=O)c2[nH]nc3c2COc2ccccc2-3)nn1C. The molecule has 116 valence electrons. The van der Waals surface area contributed by atoms with Gasteiger partial charge in [-0.3, -0.25) is 14.6 Å². The fourth-order valence-corrected chi connectivity index (χ4v) is 2.65. The number of aromatic amines is 1. The quantitative estimate of drug-likeness (QED) is 0.760. The molecule has 2 aromatic heterocycles. The van der Waals surface area contributed by atoms with E-state index in [9.17, 15) is 4.79 Å². The standard InChI is InChI=1S/C16H15N5O2/c1-9-7-13(20-21(9)2)17-16(22)15-11-8-23-12-6-4-3-5-10(12)14(11)18-19-15/h3-7H,8H2,1-2H3,(H,18,19)(H,17,20,22). The van der Waals surface area contributed by atoms with Crippen molar-refractivity contribution in [2.75, 3.05) is 5.32 Å². The van der Waals surface area contributed by atoms with Crippen molar-refractivity contribution >= 4 is 11.7 Å². The van der Waals surface area contributed by atoms with Gasteiger partial charge in [0.05, 0.1) is 0 Å². The van der Waals surface area contributed by atoms with Crippen LogP contribution in [0, 0.1) is 6.92 Å². The van der Waals surface area contributed by atoms with Gasteiger partial charge in [-0.2, -0.15) is 10.2 Å². The van der Waals surface area contributed by atoms with Gasteiger partial charge in [0, 0.05) is 29.9 Å². The number of benzene rings is 1. The lowest BCUT2D eigenvalue weighted by Gasteiger charge is -2.16. The predicted molar refractivity (Wildman–Crippen MR) is 84.3 cm³/mol. The number of carbonyl (C=O) groups is 1. The number of fused-ring (bicyclic) bond motifs is 3. The summed E-state index contributed by atoms with van der Waals surface area (Å²) in [4.78, 5) is 12.5. The molecule has 0 atom stereocenters. The summed E-state index contributed by atoms with van der Waals surface area (Å²) in [7, 11) is 1.83. The van der Waals surface area contributed by atoms with Crippen molar-refractivity contribution in [2.45, 2.75) is 13.5 Å². The second-order valence-electron chi connectivity index (χ2n) is 5.46. The maximum Gasteiger partial charge on any atom is 0.275 e. The smallest absolute Gasteiger partial charge is 0.275 e. The molecule has 3 aromatic rings. The molecular formula is C16H15N5O2. The number of rotatable bonds is 2. The Balaban J connectivity index is 1.67. The summed E-state index contributed by atoms with van der Waals surface area (Å²) in [5.74, 6) is 1.01. The Kier molecular flexibility index (Phi) is 2.94. The second-order valence-corrected chi connectivity index (χ2v) is 5.46. The summed E-state index contributed by atoms with van der Waals surface area (Å²) in [5.41, 5.74) is 3.77. The summed E-state index contributed by atoms with van der Waals surface area (Å²) in [6.07, 6.45) is 0. The van der Waals surface area contributed by atoms with E-state index in [0.717, 1.165) is 28.3 Å². The third kappa shape index (κ3) is 2.17. The molecule has 1 aliphatic heterocycles. The van der Waals surface area contributed by atoms with Crippen LogP contribution in [0.25, 0.3) is 11.3 Å². The fourth-order valence-electron chi connectivity index (χ4n) is 2.65. The molecule has 1 amide bonds. The number of anilines is 1. The highest BCUT2D eigenvalue weighted by Gasteiger charge is 2.26. The molecule has 0 saturated heterocycles. The first-order valence-corrected chi connectivity index (χ1v) is 7.25. The minimum absolute atomic E-state index is 0.278. The van der Waals surface area contributed by atoms with E-state index in [2.05, 4.69) is 20.6 Å². The molecule has 0 unspecified atom stereocenters. The van der Waals surface area contributed by atoms with Crippen molar-refractivity contribution in [3.05, 3.63) is 47.3 Å². The van der Waals surface area contributed by atoms with Gasteiger partial charge in [-0.15, -0.1) is 0 Å². The number of carbonyl (C=O) groups excluding carboxylic acids is 1. The van der Waals surface area contributed by atoms with Crippen molar-refractivity contribution in [1.29, 1.82) is 0 Å². The topological polar surface area (TPSA) is 84.8 Å². The number of amides is 1. The van der Waals surface area contributed by atoms with E-state index >= 15 is 0 Å². The van der Waals surface area contributed by atoms with E-state index < -0.39 is 0 Å². The van der Waals surface area contributed by atoms with Crippen LogP contribution in [0.5, 0.6) is 5.75 Å². The number of aromatic nitrogens is 4. The van der Waals surface area contributed by atoms with Crippen LogP contribution in [0.1, 0.15) is 21.7 Å². The van der Waals surface area contributed by atoms with Crippen LogP contribution in [0.15, 0.2) is 30.3 Å². The van der Waals surface area contributed by atoms with Crippen LogP contribution in [0.2, 0.25) is 0 Å². The van der Waals surface area contributed by atoms with Crippen LogP contribution in [0.4, 0.5) is 5.82 Å². The van der Waals surface area contributed by atoms with Crippen molar-refractivity contribution in [1.82, 2.24) is 20.0 Å². The molecule has 23 heavy (non-hydrogen) atoms. The van der Waals surface area contributed by atoms with Crippen LogP contribution in [-0.2, 0) is 13.7 Å². The molecule has 0 bridgehead atoms. The lowest BCUT2D eigenvalue weighted by Crippen LogP contribution is -2.16. The summed E-state index contributed by atoms with van der Waals surface area (Å²) in [5, 5.41) is 14.1. The zero-order valence-electron chi connectivity index (χ0n) is 12.8. The normalized spacial score (nSPS) is 12.3. The summed E-state index contributed by atoms with van der Waals surface area (Å²) >= 11 is 0. The number of hydrogen-bond donors (Lipinski definition) is 2. The highest BCUT2D eigenvalue weighted by atomic mass is 16.5. The van der Waals surface area contributed by atoms with Gasteiger partial charge in [0.25, 0.3) is 5.91 Å². The van der Waals surface area contributed by atoms with E-state index in [1.54, 1.807) is 4.68 Å². The Hall–Kier alpha value is -3.09. The van der Waals surface area contributed by atoms with Gasteiger partial charge in [-0.25, -0.2) is 0 Å². The maximum atomic E-state index is 12.5. The lowest BCUT2D eigenvalue weighted by molar-refractivity contribution is 0.101. The van der Waals surface area contributed by atoms with E-state index in [4.69, 9.17) is 4.74 Å². The molecule has 0 aliphatic carbocycles. The minimum atomic E-state index is -0.278. The van der Waals surface area contributed by atoms with E-state index in [1.165, 1.54) is 0 Å². The largest absolute Gasteiger partial charge is 0.488 e. The number of nitrogens with zero attached hydrogens (tertiary/aromatic N) is 3. The Labute approximate surface area is 132 Å². The number of para-hydroxylation sites is 1. The Morgan fingerprint density at radius 3 is 3.00 bits per heavy atom. The monoisotopic (exact) mass is 309 g/mol. The maximum absolute atomic E-state index is 12.5. The van der Waals surface area contributed by atoms with Crippen LogP contribution in [0.3, 0.4) is 0 Å². The zero-order valence-corrected chi connectivity index (χ0v) is 12.8. The van der Waals surface area contributed by atoms with Gasteiger partial charge in [0.15, 0.2) is 5.82 Å². The molecule has 7 nitrogen and oxygen atoms in total. The van der Waals surface area contributed by atoms with Crippen molar-refractivity contribution < 1.29 is 9.53 Å². The molecule has 0 radical (unpaired) electrons. The number of hydrogen-bond acceptors (Lipinski definition) is 4. The molecule has 3 heterocycles. The molecule has 0 spiro atoms. The van der Waals surface area contributed by atoms with Gasteiger partial charge in [0.1, 0.15) is 23.7 Å². The number of nitrogens with one attached hydrogen (secondary N) is 2. The van der Waals surface area contributed by atoms with Gasteiger partial charge in [0.2, 0.25) is 0 Å². The molecule has 0 saturated carbocycles. The summed E-state index contributed by atoms with van der Waals surface area (Å²) in [6, 6.07) is 9.46. The minimum Gasteiger partial charge on any atom is -0.488 e. The predicted octanol–water partition coefficient (Wildman–Crippen LogP) is 2.26. The zero-order chi connectivity index (χ0) is 16.0. The third-order valence-electron chi connectivity index (χ3n) is 3.96. The van der Waals surface area contributed by atoms with Crippen LogP contribution < -0.4 is 10.1 Å². The van der Waals surface area contributed by atoms with Crippen LogP contribution in [-0.4, -0.2) is 25.9 Å². The van der Waals surface area contributed by atoms with E-state index in [1.807, 2.05) is 44.3 Å². The second kappa shape index (κ2) is 4.98. The van der Waals surface area contributed by atoms with Gasteiger partial charge >= 0.3 is 0 Å². The molecule has 7 heteroatoms. The van der Waals surface area contributed by atoms with Gasteiger partial charge in [-0.05, 0) is 19.1 Å². The van der Waals surface area contributed by atoms with E-state index in [0.29, 0.717) is 18.1 Å². The number of ether oxygens (including phenoxy) is 1. The third-order valence-corrected chi connectivity index (χ3v) is 3.96. The lowest BCUT2D eigenvalue weighted by atomic mass is 10.0. The van der Waals surface area contributed by atoms with Crippen molar-refractivity contribution in [2.24, 2.45) is 7.05 Å². The Morgan fingerprint density at radius 1 is 1.39 bits per heavy atom. The average molecular weight is 309 g/mol. The average Bonchev–Trinajstić information content (AvgIpc) is 3.11. The van der Waals surface area contributed by atoms with Crippen LogP contribution >= 0.6 is 0 Å². The molecule has 4 rings (SSSR count). The van der Waals surface area contributed by atoms with Gasteiger partial charge < -0.3 is 10.1 Å². The highest BCUT2D eigenvalue weighted by Crippen LogP contribution is 2.37. The molecule has 1 aromatic carbocycles. The van der Waals surface area contributed by atoms with E-state index in [-0.39, 0.29) is 5.91 Å². The van der Waals surface area contributed by atoms with Crippen molar-refractivity contribution in [3.8, 4) is 17.0 Å². The molecular weight excluding hydrogens is 294 g/mol. The molecule has 1 aliphatic rings. The number of aryl methyl sites for hydroxylation is 2. The number of H-pyrrole nitrogens is 1. The first-order valence-electron chi connectivity index (χ1n) is 7.25. The highest BCUT2D eigenvalue weighted by molar-refractivity contribution is 6.04. The summed E-state index contributed by atoms with van der Waals surface area (Å²) in [6.45, 7) is 2.23. The first-order chi connectivity index (χ1) is 11.1. The Morgan fingerprint density at radius 2 is 2.22 bits per heavy atom. The molecule has 0 fully saturated rings. The molecule has 2 N–H and O–H groups in total. The first kappa shape index (κ1) is 13.6.